The Morgan fingerprint density at radius 1 is 1.33 bits per heavy atom. The SMILES string of the molecule is Cc1c(O)cccc1C(=O)Nc1nc2ccc(Cl)cc2s1. The number of hydrogen-bond acceptors (Lipinski definition) is 4. The third-order valence-electron chi connectivity index (χ3n) is 3.12. The number of phenols is 1. The molecular formula is C15H11ClN2O2S. The van der Waals surface area contributed by atoms with Crippen molar-refractivity contribution in [2.75, 3.05) is 5.32 Å². The molecule has 0 aliphatic carbocycles. The van der Waals surface area contributed by atoms with Gasteiger partial charge in [0.15, 0.2) is 5.13 Å². The summed E-state index contributed by atoms with van der Waals surface area (Å²) in [5.74, 6) is -0.202. The summed E-state index contributed by atoms with van der Waals surface area (Å²) in [6.45, 7) is 1.70. The second kappa shape index (κ2) is 5.35. The van der Waals surface area contributed by atoms with Crippen molar-refractivity contribution in [3.05, 3.63) is 52.5 Å². The van der Waals surface area contributed by atoms with E-state index in [2.05, 4.69) is 10.3 Å². The minimum absolute atomic E-state index is 0.0960. The van der Waals surface area contributed by atoms with Gasteiger partial charge in [0.1, 0.15) is 5.75 Å². The molecule has 0 unspecified atom stereocenters. The summed E-state index contributed by atoms with van der Waals surface area (Å²) in [6, 6.07) is 10.2. The maximum atomic E-state index is 12.2. The lowest BCUT2D eigenvalue weighted by molar-refractivity contribution is 0.102. The maximum Gasteiger partial charge on any atom is 0.257 e. The first-order valence-electron chi connectivity index (χ1n) is 6.20. The van der Waals surface area contributed by atoms with Crippen LogP contribution in [0.3, 0.4) is 0 Å². The molecule has 2 aromatic carbocycles. The molecule has 0 aliphatic rings. The first-order valence-corrected chi connectivity index (χ1v) is 7.40. The molecule has 0 saturated heterocycles. The van der Waals surface area contributed by atoms with E-state index in [1.165, 1.54) is 11.3 Å². The largest absolute Gasteiger partial charge is 0.508 e. The molecule has 1 amide bonds. The highest BCUT2D eigenvalue weighted by atomic mass is 35.5. The molecule has 0 saturated carbocycles. The van der Waals surface area contributed by atoms with Gasteiger partial charge in [0.25, 0.3) is 5.91 Å². The normalized spacial score (nSPS) is 10.8. The molecule has 106 valence electrons. The van der Waals surface area contributed by atoms with Gasteiger partial charge in [0, 0.05) is 16.1 Å². The number of halogens is 1. The number of thiazole rings is 1. The van der Waals surface area contributed by atoms with Crippen molar-refractivity contribution < 1.29 is 9.90 Å². The fourth-order valence-electron chi connectivity index (χ4n) is 1.99. The van der Waals surface area contributed by atoms with Crippen LogP contribution in [-0.4, -0.2) is 16.0 Å². The summed E-state index contributed by atoms with van der Waals surface area (Å²) < 4.78 is 0.908. The zero-order valence-electron chi connectivity index (χ0n) is 11.1. The molecule has 2 N–H and O–H groups in total. The Morgan fingerprint density at radius 2 is 2.14 bits per heavy atom. The molecule has 3 rings (SSSR count). The molecule has 4 nitrogen and oxygen atoms in total. The van der Waals surface area contributed by atoms with Crippen molar-refractivity contribution in [3.63, 3.8) is 0 Å². The van der Waals surface area contributed by atoms with Crippen LogP contribution in [0.1, 0.15) is 15.9 Å². The van der Waals surface area contributed by atoms with Crippen LogP contribution < -0.4 is 5.32 Å². The molecule has 0 radical (unpaired) electrons. The van der Waals surface area contributed by atoms with Crippen LogP contribution in [0.25, 0.3) is 10.2 Å². The first kappa shape index (κ1) is 13.9. The second-order valence-electron chi connectivity index (χ2n) is 4.53. The number of rotatable bonds is 2. The third kappa shape index (κ3) is 2.70. The van der Waals surface area contributed by atoms with Gasteiger partial charge in [-0.1, -0.05) is 29.0 Å². The van der Waals surface area contributed by atoms with Crippen LogP contribution in [0.2, 0.25) is 5.02 Å². The molecule has 21 heavy (non-hydrogen) atoms. The van der Waals surface area contributed by atoms with Crippen LogP contribution in [0, 0.1) is 6.92 Å². The lowest BCUT2D eigenvalue weighted by Gasteiger charge is -2.06. The summed E-state index contributed by atoms with van der Waals surface area (Å²) in [5.41, 5.74) is 1.75. The van der Waals surface area contributed by atoms with E-state index in [-0.39, 0.29) is 11.7 Å². The van der Waals surface area contributed by atoms with Crippen molar-refractivity contribution in [2.45, 2.75) is 6.92 Å². The van der Waals surface area contributed by atoms with Crippen molar-refractivity contribution in [1.29, 1.82) is 0 Å². The highest BCUT2D eigenvalue weighted by Gasteiger charge is 2.13. The number of fused-ring (bicyclic) bond motifs is 1. The Hall–Kier alpha value is -2.11. The van der Waals surface area contributed by atoms with Crippen molar-refractivity contribution in [1.82, 2.24) is 4.98 Å². The monoisotopic (exact) mass is 318 g/mol. The summed E-state index contributed by atoms with van der Waals surface area (Å²) in [4.78, 5) is 16.6. The molecule has 0 atom stereocenters. The topological polar surface area (TPSA) is 62.2 Å². The van der Waals surface area contributed by atoms with Gasteiger partial charge < -0.3 is 5.11 Å². The second-order valence-corrected chi connectivity index (χ2v) is 6.00. The molecule has 3 aromatic rings. The molecule has 0 fully saturated rings. The molecule has 0 aliphatic heterocycles. The van der Waals surface area contributed by atoms with Crippen LogP contribution in [0.5, 0.6) is 5.75 Å². The fraction of sp³-hybridized carbons (Fsp3) is 0.0667. The van der Waals surface area contributed by atoms with Gasteiger partial charge in [-0.15, -0.1) is 0 Å². The zero-order valence-corrected chi connectivity index (χ0v) is 12.6. The summed E-state index contributed by atoms with van der Waals surface area (Å²) in [6.07, 6.45) is 0. The summed E-state index contributed by atoms with van der Waals surface area (Å²) in [7, 11) is 0. The van der Waals surface area contributed by atoms with Crippen molar-refractivity contribution in [3.8, 4) is 5.75 Å². The van der Waals surface area contributed by atoms with Crippen molar-refractivity contribution >= 4 is 44.2 Å². The van der Waals surface area contributed by atoms with E-state index in [4.69, 9.17) is 11.6 Å². The van der Waals surface area contributed by atoms with E-state index in [9.17, 15) is 9.90 Å². The lowest BCUT2D eigenvalue weighted by Crippen LogP contribution is -2.13. The van der Waals surface area contributed by atoms with E-state index >= 15 is 0 Å². The quantitative estimate of drug-likeness (QED) is 0.743. The van der Waals surface area contributed by atoms with Crippen LogP contribution in [0.15, 0.2) is 36.4 Å². The minimum Gasteiger partial charge on any atom is -0.508 e. The Labute approximate surface area is 130 Å². The number of hydrogen-bond donors (Lipinski definition) is 2. The predicted octanol–water partition coefficient (Wildman–Crippen LogP) is 4.22. The number of benzene rings is 2. The van der Waals surface area contributed by atoms with E-state index in [1.54, 1.807) is 31.2 Å². The van der Waals surface area contributed by atoms with Gasteiger partial charge in [-0.2, -0.15) is 0 Å². The average Bonchev–Trinajstić information content (AvgIpc) is 2.83. The lowest BCUT2D eigenvalue weighted by atomic mass is 10.1. The Bertz CT molecular complexity index is 845. The van der Waals surface area contributed by atoms with Gasteiger partial charge in [0.05, 0.1) is 10.2 Å². The van der Waals surface area contributed by atoms with Gasteiger partial charge in [0.2, 0.25) is 0 Å². The van der Waals surface area contributed by atoms with Crippen LogP contribution >= 0.6 is 22.9 Å². The Kier molecular flexibility index (Phi) is 3.53. The molecule has 0 spiro atoms. The van der Waals surface area contributed by atoms with Gasteiger partial charge in [-0.05, 0) is 37.3 Å². The third-order valence-corrected chi connectivity index (χ3v) is 4.29. The standard InChI is InChI=1S/C15H11ClN2O2S/c1-8-10(3-2-4-12(8)19)14(20)18-15-17-11-6-5-9(16)7-13(11)21-15/h2-7,19H,1H3,(H,17,18,20). The summed E-state index contributed by atoms with van der Waals surface area (Å²) in [5, 5.41) is 13.5. The molecule has 1 aromatic heterocycles. The number of carbonyl (C=O) groups excluding carboxylic acids is 1. The molecular weight excluding hydrogens is 308 g/mol. The van der Waals surface area contributed by atoms with Gasteiger partial charge in [-0.3, -0.25) is 10.1 Å². The number of aromatic hydroxyl groups is 1. The number of nitrogens with one attached hydrogen (secondary N) is 1. The van der Waals surface area contributed by atoms with Crippen LogP contribution in [0.4, 0.5) is 5.13 Å². The smallest absolute Gasteiger partial charge is 0.257 e. The Morgan fingerprint density at radius 3 is 2.95 bits per heavy atom. The highest BCUT2D eigenvalue weighted by Crippen LogP contribution is 2.29. The molecule has 0 bridgehead atoms. The number of carbonyl (C=O) groups is 1. The Balaban J connectivity index is 1.91. The fourth-order valence-corrected chi connectivity index (χ4v) is 3.12. The van der Waals surface area contributed by atoms with E-state index in [0.29, 0.717) is 21.3 Å². The van der Waals surface area contributed by atoms with Crippen LogP contribution in [-0.2, 0) is 0 Å². The van der Waals surface area contributed by atoms with E-state index in [1.807, 2.05) is 12.1 Å². The maximum absolute atomic E-state index is 12.2. The highest BCUT2D eigenvalue weighted by molar-refractivity contribution is 7.22. The van der Waals surface area contributed by atoms with Gasteiger partial charge >= 0.3 is 0 Å². The first-order chi connectivity index (χ1) is 10.0. The number of amides is 1. The minimum atomic E-state index is -0.298. The predicted molar refractivity (Wildman–Crippen MR) is 85.4 cm³/mol. The van der Waals surface area contributed by atoms with Gasteiger partial charge in [-0.25, -0.2) is 4.98 Å². The summed E-state index contributed by atoms with van der Waals surface area (Å²) >= 11 is 7.29. The van der Waals surface area contributed by atoms with Crippen molar-refractivity contribution in [2.24, 2.45) is 0 Å². The van der Waals surface area contributed by atoms with E-state index in [0.717, 1.165) is 10.2 Å². The zero-order chi connectivity index (χ0) is 15.0. The molecule has 1 heterocycles. The van der Waals surface area contributed by atoms with E-state index < -0.39 is 0 Å². The number of aromatic nitrogens is 1. The average molecular weight is 319 g/mol. The number of anilines is 1. The number of phenolic OH excluding ortho intramolecular Hbond substituents is 1. The molecule has 6 heteroatoms. The number of nitrogens with zero attached hydrogens (tertiary/aromatic N) is 1.